The first-order valence-electron chi connectivity index (χ1n) is 5.48. The molecule has 0 saturated carbocycles. The fourth-order valence-corrected chi connectivity index (χ4v) is 0.659. The Morgan fingerprint density at radius 3 is 1.25 bits per heavy atom. The number of carboxylic acids is 2. The fraction of sp³-hybridized carbons (Fsp3) is 0.333. The molecule has 112 valence electrons. The van der Waals surface area contributed by atoms with Gasteiger partial charge in [-0.25, -0.2) is 19.2 Å². The third-order valence-corrected chi connectivity index (χ3v) is 1.30. The van der Waals surface area contributed by atoms with Gasteiger partial charge in [-0.3, -0.25) is 0 Å². The second-order valence-electron chi connectivity index (χ2n) is 2.85. The van der Waals surface area contributed by atoms with E-state index < -0.39 is 23.9 Å². The van der Waals surface area contributed by atoms with E-state index in [1.54, 1.807) is 13.8 Å². The van der Waals surface area contributed by atoms with Crippen molar-refractivity contribution in [3.63, 3.8) is 0 Å². The molecule has 0 unspecified atom stereocenters. The lowest BCUT2D eigenvalue weighted by Gasteiger charge is -1.95. The topological polar surface area (TPSA) is 127 Å². The van der Waals surface area contributed by atoms with Gasteiger partial charge in [0.15, 0.2) is 0 Å². The van der Waals surface area contributed by atoms with Crippen LogP contribution in [0.1, 0.15) is 13.8 Å². The van der Waals surface area contributed by atoms with Gasteiger partial charge in [-0.15, -0.1) is 0 Å². The molecule has 0 spiro atoms. The number of esters is 2. The zero-order valence-electron chi connectivity index (χ0n) is 11.1. The van der Waals surface area contributed by atoms with Crippen LogP contribution in [0, 0.1) is 0 Å². The lowest BCUT2D eigenvalue weighted by Crippen LogP contribution is -2.03. The Morgan fingerprint density at radius 1 is 0.750 bits per heavy atom. The quantitative estimate of drug-likeness (QED) is 0.530. The summed E-state index contributed by atoms with van der Waals surface area (Å²) in [5, 5.41) is 15.6. The first kappa shape index (κ1) is 19.7. The van der Waals surface area contributed by atoms with Crippen LogP contribution in [0.2, 0.25) is 0 Å². The highest BCUT2D eigenvalue weighted by Gasteiger charge is 1.97. The van der Waals surface area contributed by atoms with E-state index in [0.717, 1.165) is 12.2 Å². The molecule has 0 aliphatic heterocycles. The standard InChI is InChI=1S/C8H12O4.C4H4O4/c1-3-11-7(9)5-6-8(10)12-4-2;5-3(6)1-2-4(7)8/h5-6H,3-4H2,1-2H3;1-2H,(H,5,6)(H,7,8)/b6-5-;2-1-. The monoisotopic (exact) mass is 288 g/mol. The van der Waals surface area contributed by atoms with Crippen molar-refractivity contribution in [2.24, 2.45) is 0 Å². The molecule has 0 heterocycles. The third-order valence-electron chi connectivity index (χ3n) is 1.30. The Labute approximate surface area is 115 Å². The molecule has 2 N–H and O–H groups in total. The SMILES string of the molecule is CCOC(=O)/C=C\C(=O)OCC.O=C(O)/C=C\C(=O)O. The fourth-order valence-electron chi connectivity index (χ4n) is 0.659. The van der Waals surface area contributed by atoms with Gasteiger partial charge in [0.25, 0.3) is 0 Å². The van der Waals surface area contributed by atoms with Crippen LogP contribution in [-0.4, -0.2) is 47.3 Å². The maximum atomic E-state index is 10.6. The zero-order chi connectivity index (χ0) is 16.0. The minimum Gasteiger partial charge on any atom is -0.478 e. The van der Waals surface area contributed by atoms with Gasteiger partial charge >= 0.3 is 23.9 Å². The number of aliphatic carboxylic acids is 2. The van der Waals surface area contributed by atoms with Gasteiger partial charge in [0.2, 0.25) is 0 Å². The second kappa shape index (κ2) is 12.8. The van der Waals surface area contributed by atoms with Crippen molar-refractivity contribution in [3.05, 3.63) is 24.3 Å². The smallest absolute Gasteiger partial charge is 0.330 e. The summed E-state index contributed by atoms with van der Waals surface area (Å²) in [6.07, 6.45) is 3.20. The first-order chi connectivity index (χ1) is 9.33. The van der Waals surface area contributed by atoms with E-state index in [0.29, 0.717) is 25.4 Å². The van der Waals surface area contributed by atoms with Gasteiger partial charge in [0, 0.05) is 24.3 Å². The van der Waals surface area contributed by atoms with Crippen LogP contribution >= 0.6 is 0 Å². The molecular weight excluding hydrogens is 272 g/mol. The maximum Gasteiger partial charge on any atom is 0.330 e. The molecule has 8 nitrogen and oxygen atoms in total. The summed E-state index contributed by atoms with van der Waals surface area (Å²) in [6.45, 7) is 3.98. The summed E-state index contributed by atoms with van der Waals surface area (Å²) in [5.41, 5.74) is 0. The summed E-state index contributed by atoms with van der Waals surface area (Å²) >= 11 is 0. The number of hydrogen-bond acceptors (Lipinski definition) is 6. The van der Waals surface area contributed by atoms with E-state index in [9.17, 15) is 19.2 Å². The van der Waals surface area contributed by atoms with E-state index in [-0.39, 0.29) is 0 Å². The van der Waals surface area contributed by atoms with Crippen LogP contribution in [0.15, 0.2) is 24.3 Å². The minimum atomic E-state index is -1.26. The molecule has 0 aromatic rings. The zero-order valence-corrected chi connectivity index (χ0v) is 11.1. The molecule has 0 bridgehead atoms. The van der Waals surface area contributed by atoms with Crippen molar-refractivity contribution >= 4 is 23.9 Å². The van der Waals surface area contributed by atoms with Crippen molar-refractivity contribution in [2.45, 2.75) is 13.8 Å². The highest BCUT2D eigenvalue weighted by Crippen LogP contribution is 1.84. The largest absolute Gasteiger partial charge is 0.478 e. The van der Waals surface area contributed by atoms with Crippen LogP contribution in [0.5, 0.6) is 0 Å². The molecule has 0 radical (unpaired) electrons. The summed E-state index contributed by atoms with van der Waals surface area (Å²) in [4.78, 5) is 40.4. The average Bonchev–Trinajstić information content (AvgIpc) is 2.35. The van der Waals surface area contributed by atoms with E-state index >= 15 is 0 Å². The number of carboxylic acid groups (broad SMARTS) is 2. The van der Waals surface area contributed by atoms with E-state index in [4.69, 9.17) is 10.2 Å². The second-order valence-corrected chi connectivity index (χ2v) is 2.85. The summed E-state index contributed by atoms with van der Waals surface area (Å²) in [6, 6.07) is 0. The van der Waals surface area contributed by atoms with Crippen LogP contribution in [0.3, 0.4) is 0 Å². The van der Waals surface area contributed by atoms with Gasteiger partial charge in [-0.05, 0) is 13.8 Å². The van der Waals surface area contributed by atoms with Gasteiger partial charge in [0.05, 0.1) is 13.2 Å². The van der Waals surface area contributed by atoms with Crippen molar-refractivity contribution < 1.29 is 38.9 Å². The predicted octanol–water partition coefficient (Wildman–Crippen LogP) is 0.381. The third kappa shape index (κ3) is 17.7. The van der Waals surface area contributed by atoms with Gasteiger partial charge in [0.1, 0.15) is 0 Å². The highest BCUT2D eigenvalue weighted by atomic mass is 16.5. The van der Waals surface area contributed by atoms with Crippen molar-refractivity contribution in [2.75, 3.05) is 13.2 Å². The number of carbonyl (C=O) groups is 4. The molecule has 20 heavy (non-hydrogen) atoms. The minimum absolute atomic E-state index is 0.298. The van der Waals surface area contributed by atoms with Crippen molar-refractivity contribution in [3.8, 4) is 0 Å². The molecule has 0 rings (SSSR count). The van der Waals surface area contributed by atoms with Crippen LogP contribution in [0.4, 0.5) is 0 Å². The average molecular weight is 288 g/mol. The Kier molecular flexibility index (Phi) is 12.6. The predicted molar refractivity (Wildman–Crippen MR) is 66.8 cm³/mol. The molecule has 0 aliphatic carbocycles. The van der Waals surface area contributed by atoms with Gasteiger partial charge < -0.3 is 19.7 Å². The Morgan fingerprint density at radius 2 is 1.05 bits per heavy atom. The number of ether oxygens (including phenoxy) is 2. The molecule has 0 aromatic carbocycles. The van der Waals surface area contributed by atoms with Crippen LogP contribution in [0.25, 0.3) is 0 Å². The van der Waals surface area contributed by atoms with Crippen molar-refractivity contribution in [1.29, 1.82) is 0 Å². The van der Waals surface area contributed by atoms with Crippen LogP contribution in [-0.2, 0) is 28.7 Å². The Bertz CT molecular complexity index is 358. The maximum absolute atomic E-state index is 10.6. The molecule has 0 aromatic heterocycles. The molecule has 8 heteroatoms. The normalized spacial score (nSPS) is 9.70. The number of hydrogen-bond donors (Lipinski definition) is 2. The lowest BCUT2D eigenvalue weighted by molar-refractivity contribution is -0.140. The van der Waals surface area contributed by atoms with E-state index in [2.05, 4.69) is 9.47 Å². The highest BCUT2D eigenvalue weighted by molar-refractivity contribution is 5.91. The van der Waals surface area contributed by atoms with Gasteiger partial charge in [-0.1, -0.05) is 0 Å². The molecule has 0 fully saturated rings. The molecule has 0 amide bonds. The summed E-state index contributed by atoms with van der Waals surface area (Å²) in [5.74, 6) is -3.59. The molecule has 0 atom stereocenters. The van der Waals surface area contributed by atoms with Crippen molar-refractivity contribution in [1.82, 2.24) is 0 Å². The van der Waals surface area contributed by atoms with E-state index in [1.165, 1.54) is 0 Å². The molecule has 0 saturated heterocycles. The Hall–Kier alpha value is -2.64. The van der Waals surface area contributed by atoms with Crippen LogP contribution < -0.4 is 0 Å². The number of rotatable bonds is 6. The summed E-state index contributed by atoms with van der Waals surface area (Å²) < 4.78 is 9.07. The van der Waals surface area contributed by atoms with E-state index in [1.807, 2.05) is 0 Å². The van der Waals surface area contributed by atoms with Gasteiger partial charge in [-0.2, -0.15) is 0 Å². The first-order valence-corrected chi connectivity index (χ1v) is 5.48. The Balaban J connectivity index is 0. The number of carbonyl (C=O) groups excluding carboxylic acids is 2. The summed E-state index contributed by atoms with van der Waals surface area (Å²) in [7, 11) is 0. The lowest BCUT2D eigenvalue weighted by atomic mass is 10.5. The molecule has 0 aliphatic rings. The molecular formula is C12H16O8.